The van der Waals surface area contributed by atoms with E-state index in [1.165, 1.54) is 19.3 Å². The smallest absolute Gasteiger partial charge is 0.0568 e. The molecule has 17 heavy (non-hydrogen) atoms. The Labute approximate surface area is 105 Å². The van der Waals surface area contributed by atoms with Gasteiger partial charge in [0.2, 0.25) is 0 Å². The van der Waals surface area contributed by atoms with Gasteiger partial charge in [-0.25, -0.2) is 0 Å². The standard InChI is InChI=1S/C14H28N2O/c1-10-4-5-13(6-10)16-14(9-15)7-11(2)17-12(3)8-14/h10-13,16H,4-9,15H2,1-3H3. The third-order valence-electron chi connectivity index (χ3n) is 4.42. The van der Waals surface area contributed by atoms with Crippen LogP contribution in [0.1, 0.15) is 52.9 Å². The summed E-state index contributed by atoms with van der Waals surface area (Å²) in [5.41, 5.74) is 6.17. The Morgan fingerprint density at radius 1 is 1.18 bits per heavy atom. The molecule has 1 heterocycles. The minimum absolute atomic E-state index is 0.117. The van der Waals surface area contributed by atoms with E-state index in [-0.39, 0.29) is 5.54 Å². The highest BCUT2D eigenvalue weighted by atomic mass is 16.5. The second kappa shape index (κ2) is 5.25. The Hall–Kier alpha value is -0.120. The normalized spacial score (nSPS) is 47.3. The predicted octanol–water partition coefficient (Wildman–Crippen LogP) is 2.05. The van der Waals surface area contributed by atoms with Gasteiger partial charge in [0, 0.05) is 18.1 Å². The lowest BCUT2D eigenvalue weighted by Crippen LogP contribution is -2.60. The molecule has 1 saturated heterocycles. The van der Waals surface area contributed by atoms with Crippen molar-refractivity contribution < 1.29 is 4.74 Å². The molecule has 3 N–H and O–H groups in total. The summed E-state index contributed by atoms with van der Waals surface area (Å²) in [5, 5.41) is 3.87. The van der Waals surface area contributed by atoms with Gasteiger partial charge in [-0.2, -0.15) is 0 Å². The molecule has 4 unspecified atom stereocenters. The molecular weight excluding hydrogens is 212 g/mol. The maximum atomic E-state index is 6.06. The summed E-state index contributed by atoms with van der Waals surface area (Å²) in [6, 6.07) is 0.672. The van der Waals surface area contributed by atoms with Crippen molar-refractivity contribution in [2.24, 2.45) is 11.7 Å². The minimum atomic E-state index is 0.117. The highest BCUT2D eigenvalue weighted by Crippen LogP contribution is 2.32. The summed E-state index contributed by atoms with van der Waals surface area (Å²) >= 11 is 0. The lowest BCUT2D eigenvalue weighted by Gasteiger charge is -2.44. The molecule has 1 aliphatic heterocycles. The monoisotopic (exact) mass is 240 g/mol. The van der Waals surface area contributed by atoms with Crippen LogP contribution in [0.2, 0.25) is 0 Å². The molecule has 3 nitrogen and oxygen atoms in total. The molecule has 0 aromatic heterocycles. The Balaban J connectivity index is 1.98. The number of nitrogens with one attached hydrogen (secondary N) is 1. The molecule has 0 aromatic carbocycles. The van der Waals surface area contributed by atoms with Crippen molar-refractivity contribution in [3.63, 3.8) is 0 Å². The molecule has 0 bridgehead atoms. The first kappa shape index (κ1) is 13.3. The van der Waals surface area contributed by atoms with E-state index in [0.29, 0.717) is 18.2 Å². The molecule has 0 spiro atoms. The molecule has 2 rings (SSSR count). The number of hydrogen-bond acceptors (Lipinski definition) is 3. The van der Waals surface area contributed by atoms with Crippen molar-refractivity contribution in [1.29, 1.82) is 0 Å². The Bertz CT molecular complexity index is 247. The number of rotatable bonds is 3. The average Bonchev–Trinajstić information content (AvgIpc) is 2.62. The topological polar surface area (TPSA) is 47.3 Å². The van der Waals surface area contributed by atoms with Crippen LogP contribution >= 0.6 is 0 Å². The molecule has 100 valence electrons. The largest absolute Gasteiger partial charge is 0.375 e. The third-order valence-corrected chi connectivity index (χ3v) is 4.42. The zero-order valence-corrected chi connectivity index (χ0v) is 11.5. The van der Waals surface area contributed by atoms with Gasteiger partial charge in [0.15, 0.2) is 0 Å². The molecule has 4 atom stereocenters. The van der Waals surface area contributed by atoms with Gasteiger partial charge in [0.1, 0.15) is 0 Å². The van der Waals surface area contributed by atoms with Gasteiger partial charge >= 0.3 is 0 Å². The van der Waals surface area contributed by atoms with Gasteiger partial charge in [-0.3, -0.25) is 0 Å². The summed E-state index contributed by atoms with van der Waals surface area (Å²) in [5.74, 6) is 0.872. The van der Waals surface area contributed by atoms with Crippen LogP contribution in [0.3, 0.4) is 0 Å². The second-order valence-corrected chi connectivity index (χ2v) is 6.41. The lowest BCUT2D eigenvalue weighted by atomic mass is 9.83. The number of hydrogen-bond donors (Lipinski definition) is 2. The van der Waals surface area contributed by atoms with E-state index in [9.17, 15) is 0 Å². The first-order valence-electron chi connectivity index (χ1n) is 7.16. The van der Waals surface area contributed by atoms with Crippen molar-refractivity contribution in [3.8, 4) is 0 Å². The van der Waals surface area contributed by atoms with E-state index in [1.54, 1.807) is 0 Å². The fourth-order valence-electron chi connectivity index (χ4n) is 3.79. The third kappa shape index (κ3) is 3.21. The maximum Gasteiger partial charge on any atom is 0.0568 e. The summed E-state index contributed by atoms with van der Waals surface area (Å²) < 4.78 is 5.83. The highest BCUT2D eigenvalue weighted by Gasteiger charge is 2.39. The van der Waals surface area contributed by atoms with Crippen molar-refractivity contribution >= 4 is 0 Å². The van der Waals surface area contributed by atoms with Crippen molar-refractivity contribution in [2.75, 3.05) is 6.54 Å². The zero-order chi connectivity index (χ0) is 12.5. The average molecular weight is 240 g/mol. The van der Waals surface area contributed by atoms with Crippen LogP contribution in [0.25, 0.3) is 0 Å². The quantitative estimate of drug-likeness (QED) is 0.793. The fraction of sp³-hybridized carbons (Fsp3) is 1.00. The van der Waals surface area contributed by atoms with Crippen LogP contribution in [0.15, 0.2) is 0 Å². The van der Waals surface area contributed by atoms with Crippen LogP contribution in [0, 0.1) is 5.92 Å². The minimum Gasteiger partial charge on any atom is -0.375 e. The molecule has 2 fully saturated rings. The fourth-order valence-corrected chi connectivity index (χ4v) is 3.79. The van der Waals surface area contributed by atoms with Gasteiger partial charge in [0.25, 0.3) is 0 Å². The molecule has 1 aliphatic carbocycles. The Kier molecular flexibility index (Phi) is 4.11. The van der Waals surface area contributed by atoms with Gasteiger partial charge in [-0.15, -0.1) is 0 Å². The van der Waals surface area contributed by atoms with Gasteiger partial charge in [0.05, 0.1) is 12.2 Å². The van der Waals surface area contributed by atoms with Crippen molar-refractivity contribution in [3.05, 3.63) is 0 Å². The molecule has 1 saturated carbocycles. The molecule has 0 aromatic rings. The number of nitrogens with two attached hydrogens (primary N) is 1. The van der Waals surface area contributed by atoms with E-state index in [0.717, 1.165) is 25.3 Å². The molecule has 0 radical (unpaired) electrons. The lowest BCUT2D eigenvalue weighted by molar-refractivity contribution is -0.0693. The van der Waals surface area contributed by atoms with Gasteiger partial charge < -0.3 is 15.8 Å². The number of ether oxygens (including phenoxy) is 1. The van der Waals surface area contributed by atoms with Crippen LogP contribution < -0.4 is 11.1 Å². The summed E-state index contributed by atoms with van der Waals surface area (Å²) in [7, 11) is 0. The van der Waals surface area contributed by atoms with E-state index in [1.807, 2.05) is 0 Å². The summed E-state index contributed by atoms with van der Waals surface area (Å²) in [6.07, 6.45) is 6.75. The predicted molar refractivity (Wildman–Crippen MR) is 71.0 cm³/mol. The molecule has 2 aliphatic rings. The SMILES string of the molecule is CC1CCC(NC2(CN)CC(C)OC(C)C2)C1. The zero-order valence-electron chi connectivity index (χ0n) is 11.5. The first-order valence-corrected chi connectivity index (χ1v) is 7.16. The first-order chi connectivity index (χ1) is 8.03. The molecule has 0 amide bonds. The molecule has 3 heteroatoms. The Morgan fingerprint density at radius 3 is 2.29 bits per heavy atom. The molecular formula is C14H28N2O. The van der Waals surface area contributed by atoms with E-state index < -0.39 is 0 Å². The van der Waals surface area contributed by atoms with E-state index >= 15 is 0 Å². The van der Waals surface area contributed by atoms with Crippen LogP contribution in [0.4, 0.5) is 0 Å². The van der Waals surface area contributed by atoms with Crippen molar-refractivity contribution in [2.45, 2.75) is 76.7 Å². The maximum absolute atomic E-state index is 6.06. The van der Waals surface area contributed by atoms with Crippen molar-refractivity contribution in [1.82, 2.24) is 5.32 Å². The highest BCUT2D eigenvalue weighted by molar-refractivity contribution is 4.98. The Morgan fingerprint density at radius 2 is 1.82 bits per heavy atom. The van der Waals surface area contributed by atoms with E-state index in [4.69, 9.17) is 10.5 Å². The summed E-state index contributed by atoms with van der Waals surface area (Å²) in [4.78, 5) is 0. The van der Waals surface area contributed by atoms with E-state index in [2.05, 4.69) is 26.1 Å². The van der Waals surface area contributed by atoms with Gasteiger partial charge in [-0.1, -0.05) is 6.92 Å². The van der Waals surface area contributed by atoms with Crippen LogP contribution in [0.5, 0.6) is 0 Å². The van der Waals surface area contributed by atoms with Crippen LogP contribution in [-0.4, -0.2) is 30.3 Å². The van der Waals surface area contributed by atoms with Crippen LogP contribution in [-0.2, 0) is 4.74 Å². The summed E-state index contributed by atoms with van der Waals surface area (Å²) in [6.45, 7) is 7.42. The van der Waals surface area contributed by atoms with Gasteiger partial charge in [-0.05, 0) is 51.9 Å². The second-order valence-electron chi connectivity index (χ2n) is 6.41.